The van der Waals surface area contributed by atoms with Crippen molar-refractivity contribution < 1.29 is 4.74 Å². The molecule has 2 nitrogen and oxygen atoms in total. The van der Waals surface area contributed by atoms with Gasteiger partial charge in [0.25, 0.3) is 0 Å². The van der Waals surface area contributed by atoms with E-state index in [4.69, 9.17) is 4.74 Å². The zero-order valence-corrected chi connectivity index (χ0v) is 8.97. The molecule has 0 aromatic heterocycles. The van der Waals surface area contributed by atoms with Crippen molar-refractivity contribution in [3.8, 4) is 0 Å². The van der Waals surface area contributed by atoms with Crippen LogP contribution in [-0.2, 0) is 4.74 Å². The quantitative estimate of drug-likeness (QED) is 0.672. The molecule has 2 saturated heterocycles. The summed E-state index contributed by atoms with van der Waals surface area (Å²) in [4.78, 5) is 0. The van der Waals surface area contributed by atoms with Crippen LogP contribution in [0.4, 0.5) is 0 Å². The summed E-state index contributed by atoms with van der Waals surface area (Å²) in [7, 11) is 0. The van der Waals surface area contributed by atoms with Gasteiger partial charge in [0.1, 0.15) is 0 Å². The van der Waals surface area contributed by atoms with Gasteiger partial charge in [-0.25, -0.2) is 0 Å². The van der Waals surface area contributed by atoms with Crippen molar-refractivity contribution in [3.63, 3.8) is 0 Å². The van der Waals surface area contributed by atoms with Gasteiger partial charge in [0.05, 0.1) is 11.7 Å². The maximum absolute atomic E-state index is 6.02. The first-order valence-corrected chi connectivity index (χ1v) is 5.47. The molecule has 2 heteroatoms. The minimum atomic E-state index is 0.0292. The van der Waals surface area contributed by atoms with Crippen LogP contribution in [0.1, 0.15) is 46.5 Å². The zero-order chi connectivity index (χ0) is 9.47. The third kappa shape index (κ3) is 2.44. The fourth-order valence-electron chi connectivity index (χ4n) is 2.60. The number of hydrogen-bond acceptors (Lipinski definition) is 2. The third-order valence-corrected chi connectivity index (χ3v) is 2.95. The summed E-state index contributed by atoms with van der Waals surface area (Å²) in [5, 5.41) is 3.63. The van der Waals surface area contributed by atoms with E-state index >= 15 is 0 Å². The molecule has 0 amide bonds. The Bertz CT molecular complexity index is 173. The summed E-state index contributed by atoms with van der Waals surface area (Å²) in [6.07, 6.45) is 5.64. The van der Waals surface area contributed by atoms with E-state index in [9.17, 15) is 0 Å². The Hall–Kier alpha value is -0.0800. The second-order valence-electron chi connectivity index (χ2n) is 5.46. The normalized spacial score (nSPS) is 39.5. The maximum Gasteiger partial charge on any atom is 0.0611 e. The fourth-order valence-corrected chi connectivity index (χ4v) is 2.60. The highest BCUT2D eigenvalue weighted by atomic mass is 16.5. The first-order valence-electron chi connectivity index (χ1n) is 5.47. The lowest BCUT2D eigenvalue weighted by molar-refractivity contribution is -0.0773. The van der Waals surface area contributed by atoms with Crippen molar-refractivity contribution in [2.24, 2.45) is 0 Å². The van der Waals surface area contributed by atoms with Crippen LogP contribution in [0.2, 0.25) is 0 Å². The molecule has 2 aliphatic rings. The Balaban J connectivity index is 1.88. The summed E-state index contributed by atoms with van der Waals surface area (Å²) in [5.74, 6) is 0. The number of rotatable bonds is 1. The van der Waals surface area contributed by atoms with Gasteiger partial charge in [-0.3, -0.25) is 0 Å². The zero-order valence-electron chi connectivity index (χ0n) is 8.97. The van der Waals surface area contributed by atoms with Crippen LogP contribution in [-0.4, -0.2) is 23.8 Å². The summed E-state index contributed by atoms with van der Waals surface area (Å²) in [5.41, 5.74) is 0.0292. The smallest absolute Gasteiger partial charge is 0.0611 e. The minimum absolute atomic E-state index is 0.0292. The van der Waals surface area contributed by atoms with Crippen LogP contribution in [0.3, 0.4) is 0 Å². The molecular formula is C11H21NO. The summed E-state index contributed by atoms with van der Waals surface area (Å²) in [6.45, 7) is 6.45. The molecule has 0 aromatic carbocycles. The molecule has 2 fully saturated rings. The average molecular weight is 183 g/mol. The Kier molecular flexibility index (Phi) is 2.37. The van der Waals surface area contributed by atoms with E-state index < -0.39 is 0 Å². The monoisotopic (exact) mass is 183 g/mol. The highest BCUT2D eigenvalue weighted by Gasteiger charge is 2.35. The van der Waals surface area contributed by atoms with Gasteiger partial charge in [0.15, 0.2) is 0 Å². The fraction of sp³-hybridized carbons (Fsp3) is 1.00. The molecule has 2 rings (SSSR count). The molecule has 2 aliphatic heterocycles. The summed E-state index contributed by atoms with van der Waals surface area (Å²) >= 11 is 0. The Labute approximate surface area is 81.0 Å². The molecule has 13 heavy (non-hydrogen) atoms. The lowest BCUT2D eigenvalue weighted by Gasteiger charge is -2.34. The van der Waals surface area contributed by atoms with E-state index in [1.807, 2.05) is 0 Å². The van der Waals surface area contributed by atoms with Gasteiger partial charge in [-0.15, -0.1) is 0 Å². The second-order valence-corrected chi connectivity index (χ2v) is 5.46. The van der Waals surface area contributed by atoms with Gasteiger partial charge in [0.2, 0.25) is 0 Å². The summed E-state index contributed by atoms with van der Waals surface area (Å²) < 4.78 is 6.02. The SMILES string of the molecule is CC(C)(C)OC1C[C@H]2CC[C@@H](C1)N2. The molecule has 0 radical (unpaired) electrons. The van der Waals surface area contributed by atoms with E-state index in [1.165, 1.54) is 25.7 Å². The maximum atomic E-state index is 6.02. The van der Waals surface area contributed by atoms with E-state index in [2.05, 4.69) is 26.1 Å². The minimum Gasteiger partial charge on any atom is -0.373 e. The van der Waals surface area contributed by atoms with Crippen LogP contribution in [0.25, 0.3) is 0 Å². The number of ether oxygens (including phenoxy) is 1. The van der Waals surface area contributed by atoms with Crippen molar-refractivity contribution in [1.82, 2.24) is 5.32 Å². The number of nitrogens with one attached hydrogen (secondary N) is 1. The van der Waals surface area contributed by atoms with E-state index in [0.717, 1.165) is 12.1 Å². The van der Waals surface area contributed by atoms with Gasteiger partial charge in [-0.05, 0) is 46.5 Å². The van der Waals surface area contributed by atoms with Crippen molar-refractivity contribution in [2.75, 3.05) is 0 Å². The number of piperidine rings is 1. The first kappa shape index (κ1) is 9.47. The van der Waals surface area contributed by atoms with E-state index in [-0.39, 0.29) is 5.60 Å². The Morgan fingerprint density at radius 3 is 2.08 bits per heavy atom. The van der Waals surface area contributed by atoms with E-state index in [0.29, 0.717) is 6.10 Å². The molecule has 76 valence electrons. The van der Waals surface area contributed by atoms with Gasteiger partial charge >= 0.3 is 0 Å². The first-order chi connectivity index (χ1) is 6.03. The Morgan fingerprint density at radius 1 is 1.08 bits per heavy atom. The van der Waals surface area contributed by atoms with Gasteiger partial charge in [-0.2, -0.15) is 0 Å². The second kappa shape index (κ2) is 3.25. The molecule has 0 saturated carbocycles. The molecule has 0 spiro atoms. The molecule has 2 bridgehead atoms. The predicted molar refractivity (Wildman–Crippen MR) is 53.8 cm³/mol. The Morgan fingerprint density at radius 2 is 1.62 bits per heavy atom. The number of hydrogen-bond donors (Lipinski definition) is 1. The highest BCUT2D eigenvalue weighted by Crippen LogP contribution is 2.30. The van der Waals surface area contributed by atoms with Gasteiger partial charge < -0.3 is 10.1 Å². The largest absolute Gasteiger partial charge is 0.373 e. The lowest BCUT2D eigenvalue weighted by atomic mass is 10.0. The van der Waals surface area contributed by atoms with Crippen LogP contribution in [0, 0.1) is 0 Å². The lowest BCUT2D eigenvalue weighted by Crippen LogP contribution is -2.43. The van der Waals surface area contributed by atoms with Gasteiger partial charge in [-0.1, -0.05) is 0 Å². The van der Waals surface area contributed by atoms with Crippen molar-refractivity contribution >= 4 is 0 Å². The van der Waals surface area contributed by atoms with Crippen LogP contribution < -0.4 is 5.32 Å². The number of fused-ring (bicyclic) bond motifs is 2. The van der Waals surface area contributed by atoms with Crippen LogP contribution in [0.5, 0.6) is 0 Å². The third-order valence-electron chi connectivity index (χ3n) is 2.95. The van der Waals surface area contributed by atoms with Gasteiger partial charge in [0, 0.05) is 12.1 Å². The summed E-state index contributed by atoms with van der Waals surface area (Å²) in [6, 6.07) is 1.48. The predicted octanol–water partition coefficient (Wildman–Crippen LogP) is 2.08. The highest BCUT2D eigenvalue weighted by molar-refractivity contribution is 4.93. The van der Waals surface area contributed by atoms with Crippen LogP contribution >= 0.6 is 0 Å². The molecular weight excluding hydrogens is 162 g/mol. The molecule has 1 unspecified atom stereocenters. The van der Waals surface area contributed by atoms with Crippen molar-refractivity contribution in [2.45, 2.75) is 70.2 Å². The van der Waals surface area contributed by atoms with Crippen LogP contribution in [0.15, 0.2) is 0 Å². The topological polar surface area (TPSA) is 21.3 Å². The molecule has 0 aliphatic carbocycles. The van der Waals surface area contributed by atoms with E-state index in [1.54, 1.807) is 0 Å². The molecule has 1 N–H and O–H groups in total. The van der Waals surface area contributed by atoms with Crippen molar-refractivity contribution in [1.29, 1.82) is 0 Å². The molecule has 2 heterocycles. The van der Waals surface area contributed by atoms with Crippen molar-refractivity contribution in [3.05, 3.63) is 0 Å². The standard InChI is InChI=1S/C11H21NO/c1-11(2,3)13-10-6-8-4-5-9(7-10)12-8/h8-10,12H,4-7H2,1-3H3/t8-,9+,10?. The molecule has 0 aromatic rings. The molecule has 3 atom stereocenters. The average Bonchev–Trinajstić information content (AvgIpc) is 2.27.